The van der Waals surface area contributed by atoms with Crippen LogP contribution in [-0.2, 0) is 9.59 Å². The number of nitrogens with one attached hydrogen (secondary N) is 1. The highest BCUT2D eigenvalue weighted by Crippen LogP contribution is 2.37. The summed E-state index contributed by atoms with van der Waals surface area (Å²) >= 11 is 0. The zero-order valence-electron chi connectivity index (χ0n) is 25.4. The van der Waals surface area contributed by atoms with E-state index in [1.54, 1.807) is 12.4 Å². The minimum atomic E-state index is -0.0521. The van der Waals surface area contributed by atoms with Gasteiger partial charge in [-0.3, -0.25) is 19.4 Å². The first-order valence-corrected chi connectivity index (χ1v) is 15.8. The third-order valence-electron chi connectivity index (χ3n) is 9.79. The SMILES string of the molecule is CC(C)[C@@H]1CC[C@@H](C)CC(=O)N2C[C@H]3C[C@H](CN(c4cncc(C(=O)N5CCN(C)CC5)n4)C3)[C@@H]2CCCC(=O)N1. The zero-order chi connectivity index (χ0) is 29.1. The second-order valence-corrected chi connectivity index (χ2v) is 13.4. The summed E-state index contributed by atoms with van der Waals surface area (Å²) in [7, 11) is 2.07. The predicted molar refractivity (Wildman–Crippen MR) is 158 cm³/mol. The maximum Gasteiger partial charge on any atom is 0.274 e. The summed E-state index contributed by atoms with van der Waals surface area (Å²) in [5, 5.41) is 3.28. The molecule has 1 aromatic heterocycles. The third-order valence-corrected chi connectivity index (χ3v) is 9.79. The van der Waals surface area contributed by atoms with Gasteiger partial charge in [-0.05, 0) is 62.8 Å². The third kappa shape index (κ3) is 7.19. The van der Waals surface area contributed by atoms with Gasteiger partial charge in [-0.2, -0.15) is 0 Å². The van der Waals surface area contributed by atoms with Crippen LogP contribution in [0, 0.1) is 23.7 Å². The molecule has 10 heteroatoms. The molecule has 0 spiro atoms. The summed E-state index contributed by atoms with van der Waals surface area (Å²) in [5.74, 6) is 2.41. The fourth-order valence-electron chi connectivity index (χ4n) is 7.28. The smallest absolute Gasteiger partial charge is 0.274 e. The summed E-state index contributed by atoms with van der Waals surface area (Å²) in [6.45, 7) is 12.0. The lowest BCUT2D eigenvalue weighted by atomic mass is 9.77. The van der Waals surface area contributed by atoms with Crippen molar-refractivity contribution in [2.24, 2.45) is 23.7 Å². The highest BCUT2D eigenvalue weighted by molar-refractivity contribution is 5.92. The molecular weight excluding hydrogens is 518 g/mol. The van der Waals surface area contributed by atoms with E-state index in [1.807, 2.05) is 4.90 Å². The molecule has 5 heterocycles. The minimum Gasteiger partial charge on any atom is -0.355 e. The number of amides is 3. The topological polar surface area (TPSA) is 102 Å². The van der Waals surface area contributed by atoms with Gasteiger partial charge < -0.3 is 24.9 Å². The van der Waals surface area contributed by atoms with E-state index >= 15 is 0 Å². The quantitative estimate of drug-likeness (QED) is 0.599. The lowest BCUT2D eigenvalue weighted by Crippen LogP contribution is -2.59. The highest BCUT2D eigenvalue weighted by Gasteiger charge is 2.43. The van der Waals surface area contributed by atoms with Crippen molar-refractivity contribution in [3.63, 3.8) is 0 Å². The van der Waals surface area contributed by atoms with Crippen molar-refractivity contribution in [2.45, 2.75) is 77.8 Å². The zero-order valence-corrected chi connectivity index (χ0v) is 25.4. The molecule has 4 saturated heterocycles. The molecule has 4 fully saturated rings. The van der Waals surface area contributed by atoms with Gasteiger partial charge in [-0.25, -0.2) is 4.98 Å². The van der Waals surface area contributed by atoms with Crippen molar-refractivity contribution in [1.29, 1.82) is 0 Å². The summed E-state index contributed by atoms with van der Waals surface area (Å²) in [6.07, 6.45) is 8.96. The number of carbonyl (C=O) groups is 3. The van der Waals surface area contributed by atoms with Gasteiger partial charge in [0.25, 0.3) is 5.91 Å². The number of nitrogens with zero attached hydrogens (tertiary/aromatic N) is 6. The number of fused-ring (bicyclic) bond motifs is 4. The fourth-order valence-corrected chi connectivity index (χ4v) is 7.28. The van der Waals surface area contributed by atoms with Crippen molar-refractivity contribution in [1.82, 2.24) is 30.0 Å². The van der Waals surface area contributed by atoms with Crippen LogP contribution in [0.2, 0.25) is 0 Å². The molecule has 0 unspecified atom stereocenters. The maximum absolute atomic E-state index is 13.7. The van der Waals surface area contributed by atoms with Gasteiger partial charge in [0.1, 0.15) is 11.5 Å². The molecule has 2 bridgehead atoms. The van der Waals surface area contributed by atoms with Crippen molar-refractivity contribution in [2.75, 3.05) is 57.8 Å². The van der Waals surface area contributed by atoms with Crippen molar-refractivity contribution in [3.8, 4) is 0 Å². The van der Waals surface area contributed by atoms with Crippen molar-refractivity contribution in [3.05, 3.63) is 18.1 Å². The first-order chi connectivity index (χ1) is 19.7. The Morgan fingerprint density at radius 2 is 1.80 bits per heavy atom. The van der Waals surface area contributed by atoms with E-state index in [1.165, 1.54) is 0 Å². The Morgan fingerprint density at radius 1 is 1.02 bits per heavy atom. The van der Waals surface area contributed by atoms with Gasteiger partial charge in [-0.15, -0.1) is 0 Å². The number of hydrogen-bond donors (Lipinski definition) is 1. The van der Waals surface area contributed by atoms with Crippen LogP contribution in [0.1, 0.15) is 76.2 Å². The van der Waals surface area contributed by atoms with Crippen LogP contribution in [0.5, 0.6) is 0 Å². The Balaban J connectivity index is 1.30. The lowest BCUT2D eigenvalue weighted by molar-refractivity contribution is -0.139. The van der Waals surface area contributed by atoms with E-state index in [0.29, 0.717) is 49.4 Å². The molecule has 1 N–H and O–H groups in total. The highest BCUT2D eigenvalue weighted by atomic mass is 16.2. The summed E-state index contributed by atoms with van der Waals surface area (Å²) in [4.78, 5) is 57.5. The molecule has 4 aliphatic rings. The van der Waals surface area contributed by atoms with Crippen LogP contribution in [-0.4, -0.2) is 107 Å². The van der Waals surface area contributed by atoms with E-state index in [2.05, 4.69) is 52.8 Å². The van der Waals surface area contributed by atoms with Crippen LogP contribution < -0.4 is 10.2 Å². The Morgan fingerprint density at radius 3 is 2.56 bits per heavy atom. The standard InChI is InChI=1S/C31H49N7O3/c1-21(2)25-9-8-22(3)14-30(40)38-19-23-15-24(27(38)6-5-7-29(39)34-25)20-37(18-23)28-17-32-16-26(33-28)31(41)36-12-10-35(4)11-13-36/h16-17,21-25,27H,5-15,18-20H2,1-4H3,(H,34,39)/t22-,23+,24-,25+,27+/m1/s1. The van der Waals surface area contributed by atoms with Gasteiger partial charge in [0.2, 0.25) is 11.8 Å². The molecule has 4 aliphatic heterocycles. The van der Waals surface area contributed by atoms with Crippen LogP contribution in [0.3, 0.4) is 0 Å². The largest absolute Gasteiger partial charge is 0.355 e. The Bertz CT molecular complexity index is 1090. The molecular formula is C31H49N7O3. The van der Waals surface area contributed by atoms with Crippen LogP contribution >= 0.6 is 0 Å². The van der Waals surface area contributed by atoms with E-state index in [-0.39, 0.29) is 35.7 Å². The maximum atomic E-state index is 13.7. The Kier molecular flexibility index (Phi) is 9.46. The minimum absolute atomic E-state index is 0.0521. The van der Waals surface area contributed by atoms with Crippen LogP contribution in [0.25, 0.3) is 0 Å². The average Bonchev–Trinajstić information content (AvgIpc) is 2.96. The van der Waals surface area contributed by atoms with Crippen LogP contribution in [0.15, 0.2) is 12.4 Å². The molecule has 0 aromatic carbocycles. The first-order valence-electron chi connectivity index (χ1n) is 15.8. The predicted octanol–water partition coefficient (Wildman–Crippen LogP) is 2.65. The molecule has 5 atom stereocenters. The van der Waals surface area contributed by atoms with E-state index in [9.17, 15) is 14.4 Å². The molecule has 3 amide bonds. The summed E-state index contributed by atoms with van der Waals surface area (Å²) in [5.41, 5.74) is 0.404. The molecule has 0 radical (unpaired) electrons. The molecule has 0 aliphatic carbocycles. The number of hydrogen-bond acceptors (Lipinski definition) is 7. The van der Waals surface area contributed by atoms with Gasteiger partial charge in [0.15, 0.2) is 0 Å². The molecule has 226 valence electrons. The van der Waals surface area contributed by atoms with E-state index in [4.69, 9.17) is 4.98 Å². The molecule has 1 aromatic rings. The first kappa shape index (κ1) is 29.7. The Labute approximate surface area is 245 Å². The molecule has 10 nitrogen and oxygen atoms in total. The fraction of sp³-hybridized carbons (Fsp3) is 0.774. The number of aromatic nitrogens is 2. The van der Waals surface area contributed by atoms with E-state index in [0.717, 1.165) is 70.6 Å². The number of anilines is 1. The normalized spacial score (nSPS) is 30.7. The number of rotatable bonds is 3. The number of piperazine rings is 1. The van der Waals surface area contributed by atoms with Crippen molar-refractivity contribution < 1.29 is 14.4 Å². The molecule has 0 saturated carbocycles. The summed E-state index contributed by atoms with van der Waals surface area (Å²) < 4.78 is 0. The van der Waals surface area contributed by atoms with Gasteiger partial charge in [0, 0.05) is 70.7 Å². The second-order valence-electron chi connectivity index (χ2n) is 13.4. The number of likely N-dealkylation sites (N-methyl/N-ethyl adjacent to an activating group) is 1. The van der Waals surface area contributed by atoms with Crippen LogP contribution in [0.4, 0.5) is 5.82 Å². The van der Waals surface area contributed by atoms with Gasteiger partial charge in [0.05, 0.1) is 12.4 Å². The van der Waals surface area contributed by atoms with Crippen molar-refractivity contribution >= 4 is 23.5 Å². The van der Waals surface area contributed by atoms with Gasteiger partial charge >= 0.3 is 0 Å². The lowest BCUT2D eigenvalue weighted by Gasteiger charge is -2.51. The van der Waals surface area contributed by atoms with Gasteiger partial charge in [-0.1, -0.05) is 20.8 Å². The van der Waals surface area contributed by atoms with E-state index < -0.39 is 0 Å². The second kappa shape index (κ2) is 13.0. The average molecular weight is 568 g/mol. The number of piperidine rings is 2. The summed E-state index contributed by atoms with van der Waals surface area (Å²) in [6, 6.07) is 0.280. The monoisotopic (exact) mass is 567 g/mol. The number of carbonyl (C=O) groups excluding carboxylic acids is 3. The molecule has 41 heavy (non-hydrogen) atoms. The molecule has 5 rings (SSSR count). The Hall–Kier alpha value is -2.75.